The maximum Gasteiger partial charge on any atom is 0.156 e. The first-order chi connectivity index (χ1) is 15.8. The van der Waals surface area contributed by atoms with Crippen LogP contribution in [0.3, 0.4) is 0 Å². The first kappa shape index (κ1) is 22.9. The molecule has 2 saturated carbocycles. The highest BCUT2D eigenvalue weighted by atomic mass is 79.9. The summed E-state index contributed by atoms with van der Waals surface area (Å²) in [5.74, 6) is 7.85. The minimum atomic E-state index is -0.942. The summed E-state index contributed by atoms with van der Waals surface area (Å²) in [7, 11) is 4.14. The Kier molecular flexibility index (Phi) is 5.86. The van der Waals surface area contributed by atoms with Crippen LogP contribution < -0.4 is 4.90 Å². The minimum absolute atomic E-state index is 0.243. The summed E-state index contributed by atoms with van der Waals surface area (Å²) in [6.45, 7) is 2.30. The third kappa shape index (κ3) is 3.63. The van der Waals surface area contributed by atoms with Crippen molar-refractivity contribution in [2.24, 2.45) is 17.3 Å². The maximum absolute atomic E-state index is 12.2. The van der Waals surface area contributed by atoms with Crippen LogP contribution in [-0.2, 0) is 4.79 Å². The summed E-state index contributed by atoms with van der Waals surface area (Å²) in [4.78, 5) is 14.3. The van der Waals surface area contributed by atoms with E-state index in [0.29, 0.717) is 23.6 Å². The summed E-state index contributed by atoms with van der Waals surface area (Å²) in [5.41, 5.74) is 5.64. The van der Waals surface area contributed by atoms with Gasteiger partial charge >= 0.3 is 0 Å². The molecule has 5 atom stereocenters. The number of anilines is 1. The lowest BCUT2D eigenvalue weighted by atomic mass is 9.51. The lowest BCUT2D eigenvalue weighted by Gasteiger charge is -2.53. The second kappa shape index (κ2) is 8.43. The standard InChI is InChI=1S/C29H34BrNO2/c1-28-18-25(19-5-8-21(9-6-19)31(2)3)27-23-12-10-22(32)17-20(23)7-11-24(27)26(28)13-15-29(28,33)14-4-16-30/h5-6,8-9,17,24-26,33H,7,10-13,15-16,18H2,1-3H3/t24-,25+,26-,28-,29-/m0/s1. The van der Waals surface area contributed by atoms with Crippen LogP contribution in [0, 0.1) is 29.1 Å². The lowest BCUT2D eigenvalue weighted by Crippen LogP contribution is -2.51. The number of fused-ring (bicyclic) bond motifs is 4. The largest absolute Gasteiger partial charge is 0.378 e. The highest BCUT2D eigenvalue weighted by Gasteiger charge is 2.62. The third-order valence-corrected chi connectivity index (χ3v) is 9.34. The van der Waals surface area contributed by atoms with Crippen LogP contribution in [0.2, 0.25) is 0 Å². The lowest BCUT2D eigenvalue weighted by molar-refractivity contribution is -0.114. The van der Waals surface area contributed by atoms with E-state index >= 15 is 0 Å². The van der Waals surface area contributed by atoms with Crippen LogP contribution in [0.25, 0.3) is 0 Å². The van der Waals surface area contributed by atoms with Gasteiger partial charge < -0.3 is 10.0 Å². The molecule has 4 aliphatic rings. The van der Waals surface area contributed by atoms with Gasteiger partial charge in [0.25, 0.3) is 0 Å². The summed E-state index contributed by atoms with van der Waals surface area (Å²) < 4.78 is 0. The van der Waals surface area contributed by atoms with Gasteiger partial charge in [0.05, 0.1) is 5.33 Å². The van der Waals surface area contributed by atoms with Gasteiger partial charge in [-0.2, -0.15) is 0 Å². The maximum atomic E-state index is 12.2. The summed E-state index contributed by atoms with van der Waals surface area (Å²) >= 11 is 3.42. The number of allylic oxidation sites excluding steroid dienone is 4. The smallest absolute Gasteiger partial charge is 0.156 e. The minimum Gasteiger partial charge on any atom is -0.378 e. The van der Waals surface area contributed by atoms with Crippen LogP contribution in [0.15, 0.2) is 47.1 Å². The molecule has 0 aliphatic heterocycles. The van der Waals surface area contributed by atoms with Gasteiger partial charge in [-0.1, -0.05) is 52.4 Å². The summed E-state index contributed by atoms with van der Waals surface area (Å²) in [6, 6.07) is 8.97. The van der Waals surface area contributed by atoms with E-state index in [4.69, 9.17) is 0 Å². The van der Waals surface area contributed by atoms with Gasteiger partial charge in [-0.25, -0.2) is 0 Å². The van der Waals surface area contributed by atoms with Gasteiger partial charge in [0.15, 0.2) is 5.78 Å². The zero-order valence-corrected chi connectivity index (χ0v) is 21.5. The zero-order chi connectivity index (χ0) is 23.4. The average Bonchev–Trinajstić information content (AvgIpc) is 3.07. The number of carbonyl (C=O) groups excluding carboxylic acids is 1. The van der Waals surface area contributed by atoms with Gasteiger partial charge in [-0.15, -0.1) is 0 Å². The van der Waals surface area contributed by atoms with E-state index in [0.717, 1.165) is 38.5 Å². The predicted molar refractivity (Wildman–Crippen MR) is 138 cm³/mol. The van der Waals surface area contributed by atoms with E-state index in [1.807, 2.05) is 6.08 Å². The van der Waals surface area contributed by atoms with Crippen molar-refractivity contribution in [1.82, 2.24) is 0 Å². The number of ketones is 1. The van der Waals surface area contributed by atoms with E-state index < -0.39 is 5.60 Å². The van der Waals surface area contributed by atoms with E-state index in [-0.39, 0.29) is 17.1 Å². The molecule has 5 rings (SSSR count). The fraction of sp³-hybridized carbons (Fsp3) is 0.552. The molecule has 4 aliphatic carbocycles. The molecule has 4 heteroatoms. The number of halogens is 1. The molecule has 2 fully saturated rings. The number of nitrogens with zero attached hydrogens (tertiary/aromatic N) is 1. The van der Waals surface area contributed by atoms with Crippen LogP contribution >= 0.6 is 15.9 Å². The number of carbonyl (C=O) groups is 1. The highest BCUT2D eigenvalue weighted by Crippen LogP contribution is 2.66. The van der Waals surface area contributed by atoms with Gasteiger partial charge in [0.1, 0.15) is 5.60 Å². The van der Waals surface area contributed by atoms with Crippen molar-refractivity contribution in [3.05, 3.63) is 52.6 Å². The van der Waals surface area contributed by atoms with E-state index in [1.165, 1.54) is 22.4 Å². The van der Waals surface area contributed by atoms with Gasteiger partial charge in [-0.3, -0.25) is 4.79 Å². The summed E-state index contributed by atoms with van der Waals surface area (Å²) in [6.07, 6.45) is 8.17. The molecule has 0 unspecified atom stereocenters. The van der Waals surface area contributed by atoms with Crippen molar-refractivity contribution in [3.8, 4) is 11.8 Å². The number of benzene rings is 1. The van der Waals surface area contributed by atoms with E-state index in [1.54, 1.807) is 5.57 Å². The number of hydrogen-bond donors (Lipinski definition) is 1. The molecular formula is C29H34BrNO2. The molecule has 0 aromatic heterocycles. The van der Waals surface area contributed by atoms with Crippen LogP contribution in [0.5, 0.6) is 0 Å². The van der Waals surface area contributed by atoms with Crippen LogP contribution in [0.1, 0.15) is 63.4 Å². The van der Waals surface area contributed by atoms with Crippen molar-refractivity contribution < 1.29 is 9.90 Å². The number of aliphatic hydroxyl groups is 1. The molecule has 1 aromatic carbocycles. The molecular weight excluding hydrogens is 474 g/mol. The molecule has 3 nitrogen and oxygen atoms in total. The van der Waals surface area contributed by atoms with Crippen molar-refractivity contribution in [1.29, 1.82) is 0 Å². The Hall–Kier alpha value is -1.83. The summed E-state index contributed by atoms with van der Waals surface area (Å²) in [5, 5.41) is 12.4. The predicted octanol–water partition coefficient (Wildman–Crippen LogP) is 5.78. The average molecular weight is 509 g/mol. The monoisotopic (exact) mass is 507 g/mol. The quantitative estimate of drug-likeness (QED) is 0.407. The molecule has 0 bridgehead atoms. The first-order valence-corrected chi connectivity index (χ1v) is 13.4. The van der Waals surface area contributed by atoms with E-state index in [9.17, 15) is 9.90 Å². The second-order valence-corrected chi connectivity index (χ2v) is 11.4. The van der Waals surface area contributed by atoms with Gasteiger partial charge in [0.2, 0.25) is 0 Å². The van der Waals surface area contributed by atoms with Crippen molar-refractivity contribution in [2.75, 3.05) is 24.3 Å². The molecule has 174 valence electrons. The fourth-order valence-electron chi connectivity index (χ4n) is 7.35. The Bertz CT molecular complexity index is 1090. The van der Waals surface area contributed by atoms with E-state index in [2.05, 4.69) is 78.0 Å². The molecule has 0 amide bonds. The fourth-order valence-corrected chi connectivity index (χ4v) is 7.49. The Morgan fingerprint density at radius 2 is 1.91 bits per heavy atom. The van der Waals surface area contributed by atoms with Gasteiger partial charge in [-0.05, 0) is 85.3 Å². The van der Waals surface area contributed by atoms with Crippen LogP contribution in [0.4, 0.5) is 5.69 Å². The van der Waals surface area contributed by atoms with Crippen molar-refractivity contribution in [2.45, 2.75) is 63.4 Å². The highest BCUT2D eigenvalue weighted by molar-refractivity contribution is 9.09. The normalized spacial score (nSPS) is 35.1. The van der Waals surface area contributed by atoms with Crippen molar-refractivity contribution in [3.63, 3.8) is 0 Å². The SMILES string of the molecule is CN(C)c1ccc([C@H]2C[C@@]3(C)[C@@H](CC[C@@]3(O)C#CCBr)[C@@H]3CCC4=CC(=O)CCC4=C32)cc1. The molecule has 0 radical (unpaired) electrons. The topological polar surface area (TPSA) is 40.5 Å². The zero-order valence-electron chi connectivity index (χ0n) is 20.0. The van der Waals surface area contributed by atoms with Crippen LogP contribution in [-0.4, -0.2) is 35.9 Å². The molecule has 0 saturated heterocycles. The molecule has 33 heavy (non-hydrogen) atoms. The molecule has 0 spiro atoms. The molecule has 0 heterocycles. The molecule has 1 N–H and O–H groups in total. The third-order valence-electron chi connectivity index (χ3n) is 9.06. The van der Waals surface area contributed by atoms with Crippen molar-refractivity contribution >= 4 is 27.4 Å². The Morgan fingerprint density at radius 3 is 2.61 bits per heavy atom. The second-order valence-electron chi connectivity index (χ2n) is 10.8. The number of hydrogen-bond acceptors (Lipinski definition) is 3. The Labute approximate surface area is 206 Å². The van der Waals surface area contributed by atoms with Gasteiger partial charge in [0, 0.05) is 37.5 Å². The molecule has 1 aromatic rings. The first-order valence-electron chi connectivity index (χ1n) is 12.3. The Balaban J connectivity index is 1.66. The Morgan fingerprint density at radius 1 is 1.15 bits per heavy atom. The number of alkyl halides is 1. The number of rotatable bonds is 2.